The Morgan fingerprint density at radius 2 is 2.50 bits per heavy atom. The SMILES string of the molecule is CCOCC(=O)N[C@H]1C[C@@H](O)[C@@H]1n1cc(C)cn1. The Morgan fingerprint density at radius 3 is 3.06 bits per heavy atom. The molecule has 0 saturated heterocycles. The predicted octanol–water partition coefficient (Wildman–Crippen LogP) is 0.0185. The fraction of sp³-hybridized carbons (Fsp3) is 0.667. The zero-order valence-electron chi connectivity index (χ0n) is 10.7. The molecule has 18 heavy (non-hydrogen) atoms. The van der Waals surface area contributed by atoms with E-state index in [1.54, 1.807) is 10.9 Å². The van der Waals surface area contributed by atoms with E-state index in [1.165, 1.54) is 0 Å². The zero-order chi connectivity index (χ0) is 13.1. The Kier molecular flexibility index (Phi) is 3.98. The third kappa shape index (κ3) is 2.70. The van der Waals surface area contributed by atoms with Crippen LogP contribution in [0.3, 0.4) is 0 Å². The first-order valence-electron chi connectivity index (χ1n) is 6.17. The van der Waals surface area contributed by atoms with E-state index < -0.39 is 6.10 Å². The number of carbonyl (C=O) groups excluding carboxylic acids is 1. The molecule has 1 heterocycles. The fourth-order valence-corrected chi connectivity index (χ4v) is 2.16. The van der Waals surface area contributed by atoms with Gasteiger partial charge >= 0.3 is 0 Å². The van der Waals surface area contributed by atoms with Crippen molar-refractivity contribution < 1.29 is 14.6 Å². The highest BCUT2D eigenvalue weighted by Gasteiger charge is 2.42. The summed E-state index contributed by atoms with van der Waals surface area (Å²) < 4.78 is 6.76. The summed E-state index contributed by atoms with van der Waals surface area (Å²) in [5, 5.41) is 16.8. The van der Waals surface area contributed by atoms with Crippen molar-refractivity contribution in [2.75, 3.05) is 13.2 Å². The lowest BCUT2D eigenvalue weighted by atomic mass is 9.83. The number of aliphatic hydroxyl groups excluding tert-OH is 1. The van der Waals surface area contributed by atoms with E-state index in [1.807, 2.05) is 20.0 Å². The summed E-state index contributed by atoms with van der Waals surface area (Å²) in [6.07, 6.45) is 3.71. The first-order valence-corrected chi connectivity index (χ1v) is 6.17. The largest absolute Gasteiger partial charge is 0.391 e. The Morgan fingerprint density at radius 1 is 1.72 bits per heavy atom. The topological polar surface area (TPSA) is 76.4 Å². The molecule has 1 fully saturated rings. The fourth-order valence-electron chi connectivity index (χ4n) is 2.16. The van der Waals surface area contributed by atoms with Crippen molar-refractivity contribution in [1.82, 2.24) is 15.1 Å². The lowest BCUT2D eigenvalue weighted by molar-refractivity contribution is -0.129. The number of ether oxygens (including phenoxy) is 1. The number of amides is 1. The molecule has 1 saturated carbocycles. The van der Waals surface area contributed by atoms with Crippen molar-refractivity contribution in [3.8, 4) is 0 Å². The Labute approximate surface area is 106 Å². The van der Waals surface area contributed by atoms with Crippen LogP contribution in [0.25, 0.3) is 0 Å². The molecule has 1 aromatic rings. The maximum absolute atomic E-state index is 11.5. The second kappa shape index (κ2) is 5.49. The van der Waals surface area contributed by atoms with Crippen LogP contribution in [0.5, 0.6) is 0 Å². The number of hydrogen-bond donors (Lipinski definition) is 2. The molecular formula is C12H19N3O3. The van der Waals surface area contributed by atoms with Gasteiger partial charge in [0, 0.05) is 12.8 Å². The van der Waals surface area contributed by atoms with Crippen LogP contribution in [0, 0.1) is 6.92 Å². The van der Waals surface area contributed by atoms with Gasteiger partial charge in [-0.15, -0.1) is 0 Å². The van der Waals surface area contributed by atoms with Gasteiger partial charge in [-0.2, -0.15) is 5.10 Å². The highest BCUT2D eigenvalue weighted by molar-refractivity contribution is 5.77. The van der Waals surface area contributed by atoms with Crippen molar-refractivity contribution in [3.05, 3.63) is 18.0 Å². The van der Waals surface area contributed by atoms with Gasteiger partial charge in [0.05, 0.1) is 24.4 Å². The molecule has 1 aliphatic carbocycles. The second-order valence-electron chi connectivity index (χ2n) is 4.60. The molecule has 1 amide bonds. The monoisotopic (exact) mass is 253 g/mol. The summed E-state index contributed by atoms with van der Waals surface area (Å²) >= 11 is 0. The molecule has 0 radical (unpaired) electrons. The minimum Gasteiger partial charge on any atom is -0.391 e. The molecule has 0 aromatic carbocycles. The highest BCUT2D eigenvalue weighted by atomic mass is 16.5. The lowest BCUT2D eigenvalue weighted by Crippen LogP contribution is -2.56. The summed E-state index contributed by atoms with van der Waals surface area (Å²) in [5.74, 6) is -0.150. The van der Waals surface area contributed by atoms with E-state index in [9.17, 15) is 9.90 Å². The van der Waals surface area contributed by atoms with E-state index in [0.717, 1.165) is 5.56 Å². The summed E-state index contributed by atoms with van der Waals surface area (Å²) in [6, 6.07) is -0.253. The average molecular weight is 253 g/mol. The van der Waals surface area contributed by atoms with Crippen LogP contribution in [0.15, 0.2) is 12.4 Å². The van der Waals surface area contributed by atoms with Crippen LogP contribution in [-0.2, 0) is 9.53 Å². The molecule has 1 aliphatic rings. The number of carbonyl (C=O) groups is 1. The van der Waals surface area contributed by atoms with Crippen LogP contribution >= 0.6 is 0 Å². The number of hydrogen-bond acceptors (Lipinski definition) is 4. The molecule has 0 bridgehead atoms. The van der Waals surface area contributed by atoms with Crippen LogP contribution in [0.2, 0.25) is 0 Å². The first kappa shape index (κ1) is 13.0. The van der Waals surface area contributed by atoms with Gasteiger partial charge < -0.3 is 15.2 Å². The number of aromatic nitrogens is 2. The standard InChI is InChI=1S/C12H19N3O3/c1-3-18-7-11(17)14-9-4-10(16)12(9)15-6-8(2)5-13-15/h5-6,9-10,12,16H,3-4,7H2,1-2H3,(H,14,17)/t9-,10+,12+/m0/s1. The van der Waals surface area contributed by atoms with Gasteiger partial charge in [0.2, 0.25) is 5.91 Å². The molecule has 0 spiro atoms. The van der Waals surface area contributed by atoms with Gasteiger partial charge in [0.15, 0.2) is 0 Å². The lowest BCUT2D eigenvalue weighted by Gasteiger charge is -2.41. The number of aliphatic hydroxyl groups is 1. The Bertz CT molecular complexity index is 418. The summed E-state index contributed by atoms with van der Waals surface area (Å²) in [7, 11) is 0. The van der Waals surface area contributed by atoms with Crippen LogP contribution < -0.4 is 5.32 Å². The van der Waals surface area contributed by atoms with Crippen LogP contribution in [0.1, 0.15) is 24.9 Å². The Balaban J connectivity index is 1.92. The highest BCUT2D eigenvalue weighted by Crippen LogP contribution is 2.32. The molecular weight excluding hydrogens is 234 g/mol. The smallest absolute Gasteiger partial charge is 0.246 e. The quantitative estimate of drug-likeness (QED) is 0.775. The minimum absolute atomic E-state index is 0.0634. The maximum Gasteiger partial charge on any atom is 0.246 e. The van der Waals surface area contributed by atoms with Gasteiger partial charge in [0.1, 0.15) is 6.61 Å². The molecule has 2 rings (SSSR count). The molecule has 2 N–H and O–H groups in total. The minimum atomic E-state index is -0.457. The molecule has 1 aromatic heterocycles. The van der Waals surface area contributed by atoms with E-state index in [-0.39, 0.29) is 24.6 Å². The van der Waals surface area contributed by atoms with E-state index in [2.05, 4.69) is 10.4 Å². The number of nitrogens with one attached hydrogen (secondary N) is 1. The van der Waals surface area contributed by atoms with Crippen molar-refractivity contribution in [2.24, 2.45) is 0 Å². The third-order valence-electron chi connectivity index (χ3n) is 3.12. The second-order valence-corrected chi connectivity index (χ2v) is 4.60. The van der Waals surface area contributed by atoms with Crippen molar-refractivity contribution in [2.45, 2.75) is 38.5 Å². The van der Waals surface area contributed by atoms with E-state index in [4.69, 9.17) is 4.74 Å². The van der Waals surface area contributed by atoms with E-state index in [0.29, 0.717) is 13.0 Å². The molecule has 0 unspecified atom stereocenters. The molecule has 6 nitrogen and oxygen atoms in total. The van der Waals surface area contributed by atoms with Crippen molar-refractivity contribution in [3.63, 3.8) is 0 Å². The molecule has 6 heteroatoms. The van der Waals surface area contributed by atoms with Crippen LogP contribution in [0.4, 0.5) is 0 Å². The summed E-state index contributed by atoms with van der Waals surface area (Å²) in [4.78, 5) is 11.5. The van der Waals surface area contributed by atoms with Gasteiger partial charge in [-0.05, 0) is 25.8 Å². The maximum atomic E-state index is 11.5. The number of rotatable bonds is 5. The molecule has 3 atom stereocenters. The Hall–Kier alpha value is -1.40. The zero-order valence-corrected chi connectivity index (χ0v) is 10.7. The van der Waals surface area contributed by atoms with Gasteiger partial charge in [-0.3, -0.25) is 9.48 Å². The van der Waals surface area contributed by atoms with Crippen molar-refractivity contribution in [1.29, 1.82) is 0 Å². The third-order valence-corrected chi connectivity index (χ3v) is 3.12. The van der Waals surface area contributed by atoms with Gasteiger partial charge in [0.25, 0.3) is 0 Å². The molecule has 0 aliphatic heterocycles. The first-order chi connectivity index (χ1) is 8.61. The van der Waals surface area contributed by atoms with Gasteiger partial charge in [-0.1, -0.05) is 0 Å². The van der Waals surface area contributed by atoms with Crippen LogP contribution in [-0.4, -0.2) is 46.2 Å². The predicted molar refractivity (Wildman–Crippen MR) is 65.0 cm³/mol. The van der Waals surface area contributed by atoms with E-state index >= 15 is 0 Å². The normalized spacial score (nSPS) is 26.7. The molecule has 100 valence electrons. The number of nitrogens with zero attached hydrogens (tertiary/aromatic N) is 2. The average Bonchev–Trinajstić information content (AvgIpc) is 2.71. The summed E-state index contributed by atoms with van der Waals surface area (Å²) in [6.45, 7) is 4.36. The van der Waals surface area contributed by atoms with Crippen molar-refractivity contribution >= 4 is 5.91 Å². The summed E-state index contributed by atoms with van der Waals surface area (Å²) in [5.41, 5.74) is 1.04. The van der Waals surface area contributed by atoms with Gasteiger partial charge in [-0.25, -0.2) is 0 Å². The number of aryl methyl sites for hydroxylation is 1.